The van der Waals surface area contributed by atoms with Gasteiger partial charge in [0.1, 0.15) is 0 Å². The van der Waals surface area contributed by atoms with Crippen molar-refractivity contribution in [1.82, 2.24) is 10.2 Å². The Morgan fingerprint density at radius 2 is 1.85 bits per heavy atom. The summed E-state index contributed by atoms with van der Waals surface area (Å²) in [6.45, 7) is 9.31. The summed E-state index contributed by atoms with van der Waals surface area (Å²) in [6.07, 6.45) is 0.635. The quantitative estimate of drug-likeness (QED) is 0.592. The Bertz CT molecular complexity index is 316. The molecule has 1 aliphatic heterocycles. The number of rotatable bonds is 6. The van der Waals surface area contributed by atoms with E-state index in [9.17, 15) is 13.2 Å². The lowest BCUT2D eigenvalue weighted by Gasteiger charge is -2.27. The zero-order chi connectivity index (χ0) is 15.2. The molecule has 0 aromatic rings. The summed E-state index contributed by atoms with van der Waals surface area (Å²) >= 11 is 0. The van der Waals surface area contributed by atoms with Crippen LogP contribution < -0.4 is 5.32 Å². The number of halogens is 3. The molecule has 2 nitrogen and oxygen atoms in total. The van der Waals surface area contributed by atoms with Crippen LogP contribution in [0.2, 0.25) is 0 Å². The molecule has 0 saturated carbocycles. The topological polar surface area (TPSA) is 15.3 Å². The Morgan fingerprint density at radius 3 is 2.35 bits per heavy atom. The molecule has 1 rings (SSSR count). The fraction of sp³-hybridized carbons (Fsp3) is 0.867. The first kappa shape index (κ1) is 17.5. The maximum absolute atomic E-state index is 12.5. The van der Waals surface area contributed by atoms with E-state index in [1.165, 1.54) is 6.08 Å². The highest BCUT2D eigenvalue weighted by Crippen LogP contribution is 2.30. The van der Waals surface area contributed by atoms with Gasteiger partial charge in [0.05, 0.1) is 0 Å². The number of nitrogens with one attached hydrogen (secondary N) is 1. The summed E-state index contributed by atoms with van der Waals surface area (Å²) in [5, 5.41) is 3.43. The van der Waals surface area contributed by atoms with E-state index in [0.717, 1.165) is 32.4 Å². The highest BCUT2D eigenvalue weighted by Gasteiger charge is 2.34. The van der Waals surface area contributed by atoms with E-state index < -0.39 is 6.18 Å². The van der Waals surface area contributed by atoms with Crippen LogP contribution in [0.1, 0.15) is 46.5 Å². The average Bonchev–Trinajstić information content (AvgIpc) is 2.32. The maximum atomic E-state index is 12.5. The molecule has 1 aliphatic rings. The van der Waals surface area contributed by atoms with Crippen molar-refractivity contribution in [2.75, 3.05) is 26.2 Å². The Hall–Kier alpha value is -0.550. The molecule has 118 valence electrons. The molecule has 0 aromatic carbocycles. The summed E-state index contributed by atoms with van der Waals surface area (Å²) < 4.78 is 37.4. The molecule has 0 amide bonds. The summed E-state index contributed by atoms with van der Waals surface area (Å²) in [4.78, 5) is 2.10. The van der Waals surface area contributed by atoms with Crippen molar-refractivity contribution >= 4 is 0 Å². The van der Waals surface area contributed by atoms with Gasteiger partial charge in [-0.2, -0.15) is 13.2 Å². The van der Waals surface area contributed by atoms with E-state index in [2.05, 4.69) is 31.0 Å². The molecular formula is C15H27F3N2. The van der Waals surface area contributed by atoms with E-state index in [0.29, 0.717) is 13.1 Å². The Kier molecular flexibility index (Phi) is 6.52. The fourth-order valence-corrected chi connectivity index (χ4v) is 2.27. The second-order valence-corrected chi connectivity index (χ2v) is 6.52. The van der Waals surface area contributed by atoms with Gasteiger partial charge in [0.15, 0.2) is 0 Å². The molecule has 1 heterocycles. The van der Waals surface area contributed by atoms with E-state index in [4.69, 9.17) is 0 Å². The van der Waals surface area contributed by atoms with Crippen molar-refractivity contribution in [3.8, 4) is 0 Å². The van der Waals surface area contributed by atoms with Gasteiger partial charge in [-0.3, -0.25) is 4.90 Å². The fourth-order valence-electron chi connectivity index (χ4n) is 2.27. The summed E-state index contributed by atoms with van der Waals surface area (Å²) in [5.41, 5.74) is -0.200. The zero-order valence-corrected chi connectivity index (χ0v) is 12.8. The molecule has 0 saturated heterocycles. The largest absolute Gasteiger partial charge is 0.412 e. The lowest BCUT2D eigenvalue weighted by molar-refractivity contribution is -0.0960. The molecule has 20 heavy (non-hydrogen) atoms. The van der Waals surface area contributed by atoms with Crippen molar-refractivity contribution in [2.24, 2.45) is 0 Å². The van der Waals surface area contributed by atoms with Crippen LogP contribution in [-0.4, -0.2) is 42.8 Å². The van der Waals surface area contributed by atoms with Crippen molar-refractivity contribution in [3.63, 3.8) is 0 Å². The maximum Gasteiger partial charge on any atom is 0.412 e. The third kappa shape index (κ3) is 7.29. The zero-order valence-electron chi connectivity index (χ0n) is 12.8. The van der Waals surface area contributed by atoms with Crippen molar-refractivity contribution < 1.29 is 13.2 Å². The van der Waals surface area contributed by atoms with Gasteiger partial charge >= 0.3 is 6.18 Å². The molecule has 0 aliphatic carbocycles. The first-order chi connectivity index (χ1) is 9.18. The van der Waals surface area contributed by atoms with Gasteiger partial charge in [-0.25, -0.2) is 0 Å². The molecule has 1 N–H and O–H groups in total. The van der Waals surface area contributed by atoms with Gasteiger partial charge in [-0.1, -0.05) is 12.5 Å². The van der Waals surface area contributed by atoms with Crippen molar-refractivity contribution in [3.05, 3.63) is 11.6 Å². The number of hydrogen-bond donors (Lipinski definition) is 1. The van der Waals surface area contributed by atoms with Crippen LogP contribution in [0.15, 0.2) is 11.6 Å². The smallest absolute Gasteiger partial charge is 0.312 e. The van der Waals surface area contributed by atoms with Crippen LogP contribution in [0.3, 0.4) is 0 Å². The first-order valence-corrected chi connectivity index (χ1v) is 7.42. The number of alkyl halides is 3. The molecule has 0 bridgehead atoms. The van der Waals surface area contributed by atoms with E-state index >= 15 is 0 Å². The van der Waals surface area contributed by atoms with Crippen LogP contribution >= 0.6 is 0 Å². The Balaban J connectivity index is 2.09. The predicted molar refractivity (Wildman–Crippen MR) is 76.8 cm³/mol. The third-order valence-electron chi connectivity index (χ3n) is 3.46. The lowest BCUT2D eigenvalue weighted by atomic mass is 10.1. The minimum atomic E-state index is -4.13. The number of unbranched alkanes of at least 4 members (excludes halogenated alkanes) is 2. The Morgan fingerprint density at radius 1 is 1.15 bits per heavy atom. The molecule has 0 fully saturated rings. The third-order valence-corrected chi connectivity index (χ3v) is 3.46. The van der Waals surface area contributed by atoms with Crippen LogP contribution in [0.5, 0.6) is 0 Å². The summed E-state index contributed by atoms with van der Waals surface area (Å²) in [5.74, 6) is 0. The molecule has 0 radical (unpaired) electrons. The van der Waals surface area contributed by atoms with Gasteiger partial charge in [0.25, 0.3) is 0 Å². The molecule has 0 spiro atoms. The SMILES string of the molecule is CC(C)(C)NCCCCCN1CC=C(C(F)(F)F)CC1. The van der Waals surface area contributed by atoms with Crippen molar-refractivity contribution in [2.45, 2.75) is 58.2 Å². The normalized spacial score (nSPS) is 18.2. The minimum absolute atomic E-state index is 0.134. The number of nitrogens with zero attached hydrogens (tertiary/aromatic N) is 1. The van der Waals surface area contributed by atoms with Crippen LogP contribution in [0, 0.1) is 0 Å². The van der Waals surface area contributed by atoms with Crippen molar-refractivity contribution in [1.29, 1.82) is 0 Å². The van der Waals surface area contributed by atoms with Crippen LogP contribution in [0.4, 0.5) is 13.2 Å². The minimum Gasteiger partial charge on any atom is -0.312 e. The molecule has 0 aromatic heterocycles. The monoisotopic (exact) mass is 292 g/mol. The van der Waals surface area contributed by atoms with Gasteiger partial charge in [-0.05, 0) is 53.1 Å². The predicted octanol–water partition coefficient (Wildman–Crippen LogP) is 3.74. The molecule has 0 atom stereocenters. The van der Waals surface area contributed by atoms with Gasteiger partial charge in [0, 0.05) is 24.2 Å². The van der Waals surface area contributed by atoms with E-state index in [1.54, 1.807) is 0 Å². The summed E-state index contributed by atoms with van der Waals surface area (Å²) in [6, 6.07) is 0. The lowest BCUT2D eigenvalue weighted by Crippen LogP contribution is -2.36. The average molecular weight is 292 g/mol. The molecule has 0 unspecified atom stereocenters. The summed E-state index contributed by atoms with van der Waals surface area (Å²) in [7, 11) is 0. The highest BCUT2D eigenvalue weighted by atomic mass is 19.4. The number of hydrogen-bond acceptors (Lipinski definition) is 2. The Labute approximate surface area is 120 Å². The second kappa shape index (κ2) is 7.46. The van der Waals surface area contributed by atoms with Gasteiger partial charge < -0.3 is 5.32 Å². The standard InChI is InChI=1S/C15H27F3N2/c1-14(2,3)19-9-5-4-6-10-20-11-7-13(8-12-20)15(16,17)18/h7,19H,4-6,8-12H2,1-3H3. The van der Waals surface area contributed by atoms with Crippen LogP contribution in [0.25, 0.3) is 0 Å². The molecular weight excluding hydrogens is 265 g/mol. The van der Waals surface area contributed by atoms with Crippen LogP contribution in [-0.2, 0) is 0 Å². The van der Waals surface area contributed by atoms with Gasteiger partial charge in [0.2, 0.25) is 0 Å². The van der Waals surface area contributed by atoms with Gasteiger partial charge in [-0.15, -0.1) is 0 Å². The first-order valence-electron chi connectivity index (χ1n) is 7.42. The second-order valence-electron chi connectivity index (χ2n) is 6.52. The van der Waals surface area contributed by atoms with E-state index in [-0.39, 0.29) is 17.5 Å². The van der Waals surface area contributed by atoms with E-state index in [1.807, 2.05) is 0 Å². The highest BCUT2D eigenvalue weighted by molar-refractivity contribution is 5.12. The molecule has 5 heteroatoms.